The van der Waals surface area contributed by atoms with Crippen molar-refractivity contribution in [2.24, 2.45) is 10.9 Å². The Hall–Kier alpha value is -2.69. The van der Waals surface area contributed by atoms with E-state index < -0.39 is 5.97 Å². The number of amidine groups is 1. The van der Waals surface area contributed by atoms with E-state index in [1.165, 1.54) is 0 Å². The van der Waals surface area contributed by atoms with E-state index in [0.717, 1.165) is 11.1 Å². The molecule has 102 valence electrons. The molecular formula is C15H16N3O2+. The van der Waals surface area contributed by atoms with Crippen LogP contribution in [0.5, 0.6) is 0 Å². The molecule has 0 amide bonds. The number of hydrogen-bond acceptors (Lipinski definition) is 3. The largest absolute Gasteiger partial charge is 0.375 e. The number of nitrogens with two attached hydrogens (primary N) is 1. The van der Waals surface area contributed by atoms with E-state index in [4.69, 9.17) is 10.6 Å². The van der Waals surface area contributed by atoms with E-state index in [1.54, 1.807) is 30.5 Å². The van der Waals surface area contributed by atoms with Crippen LogP contribution in [-0.2, 0) is 4.84 Å². The lowest BCUT2D eigenvalue weighted by Gasteiger charge is -2.02. The maximum Gasteiger partial charge on any atom is 0.365 e. The summed E-state index contributed by atoms with van der Waals surface area (Å²) in [5, 5.41) is 3.64. The number of carbonyl (C=O) groups is 1. The number of aromatic amines is 1. The lowest BCUT2D eigenvalue weighted by atomic mass is 10.1. The SMILES string of the molecule is Cc1ccc(C(=O)ON=C(N)c2cccc[nH+]2)cc1C. The van der Waals surface area contributed by atoms with Crippen LogP contribution in [0.4, 0.5) is 0 Å². The quantitative estimate of drug-likeness (QED) is 0.398. The lowest BCUT2D eigenvalue weighted by molar-refractivity contribution is -0.380. The number of nitrogens with zero attached hydrogens (tertiary/aromatic N) is 1. The fraction of sp³-hybridized carbons (Fsp3) is 0.133. The van der Waals surface area contributed by atoms with Crippen molar-refractivity contribution in [3.8, 4) is 0 Å². The predicted molar refractivity (Wildman–Crippen MR) is 75.1 cm³/mol. The van der Waals surface area contributed by atoms with Crippen LogP contribution < -0.4 is 10.7 Å². The van der Waals surface area contributed by atoms with Crippen LogP contribution in [0.2, 0.25) is 0 Å². The molecule has 2 aromatic rings. The Morgan fingerprint density at radius 1 is 1.20 bits per heavy atom. The highest BCUT2D eigenvalue weighted by Gasteiger charge is 2.11. The summed E-state index contributed by atoms with van der Waals surface area (Å²) in [6, 6.07) is 10.7. The molecular weight excluding hydrogens is 254 g/mol. The molecule has 2 rings (SSSR count). The average Bonchev–Trinajstić information content (AvgIpc) is 2.48. The minimum atomic E-state index is -0.535. The number of pyridine rings is 1. The maximum atomic E-state index is 11.8. The van der Waals surface area contributed by atoms with Crippen molar-refractivity contribution in [2.75, 3.05) is 0 Å². The first-order chi connectivity index (χ1) is 9.58. The summed E-state index contributed by atoms with van der Waals surface area (Å²) >= 11 is 0. The Morgan fingerprint density at radius 3 is 2.65 bits per heavy atom. The Bertz CT molecular complexity index is 651. The number of aryl methyl sites for hydroxylation is 2. The van der Waals surface area contributed by atoms with E-state index in [1.807, 2.05) is 26.0 Å². The molecule has 1 aromatic heterocycles. The highest BCUT2D eigenvalue weighted by atomic mass is 16.7. The van der Waals surface area contributed by atoms with Crippen molar-refractivity contribution >= 4 is 11.8 Å². The molecule has 1 aromatic carbocycles. The Kier molecular flexibility index (Phi) is 4.10. The molecule has 0 fully saturated rings. The van der Waals surface area contributed by atoms with Gasteiger partial charge in [-0.3, -0.25) is 0 Å². The van der Waals surface area contributed by atoms with Crippen LogP contribution in [-0.4, -0.2) is 11.8 Å². The Morgan fingerprint density at radius 2 is 2.00 bits per heavy atom. The third-order valence-corrected chi connectivity index (χ3v) is 2.95. The first kappa shape index (κ1) is 13.7. The molecule has 0 aliphatic carbocycles. The van der Waals surface area contributed by atoms with Gasteiger partial charge in [0.25, 0.3) is 0 Å². The summed E-state index contributed by atoms with van der Waals surface area (Å²) in [6.45, 7) is 3.91. The Balaban J connectivity index is 2.10. The minimum Gasteiger partial charge on any atom is -0.375 e. The molecule has 5 heteroatoms. The fourth-order valence-electron chi connectivity index (χ4n) is 1.61. The molecule has 0 saturated carbocycles. The maximum absolute atomic E-state index is 11.8. The molecule has 0 atom stereocenters. The van der Waals surface area contributed by atoms with Gasteiger partial charge in [-0.15, -0.1) is 0 Å². The normalized spacial score (nSPS) is 11.2. The molecule has 0 radical (unpaired) electrons. The zero-order chi connectivity index (χ0) is 14.5. The summed E-state index contributed by atoms with van der Waals surface area (Å²) in [5.74, 6) is -0.422. The summed E-state index contributed by atoms with van der Waals surface area (Å²) in [5.41, 5.74) is 8.88. The summed E-state index contributed by atoms with van der Waals surface area (Å²) < 4.78 is 0. The molecule has 0 saturated heterocycles. The van der Waals surface area contributed by atoms with E-state index in [0.29, 0.717) is 11.3 Å². The van der Waals surface area contributed by atoms with Crippen molar-refractivity contribution in [1.29, 1.82) is 0 Å². The van der Waals surface area contributed by atoms with Gasteiger partial charge in [0.2, 0.25) is 11.5 Å². The van der Waals surface area contributed by atoms with Gasteiger partial charge < -0.3 is 10.6 Å². The molecule has 0 aliphatic heterocycles. The number of carbonyl (C=O) groups excluding carboxylic acids is 1. The Labute approximate surface area is 117 Å². The van der Waals surface area contributed by atoms with Crippen LogP contribution >= 0.6 is 0 Å². The van der Waals surface area contributed by atoms with Crippen LogP contribution in [0, 0.1) is 13.8 Å². The summed E-state index contributed by atoms with van der Waals surface area (Å²) in [4.78, 5) is 19.6. The zero-order valence-electron chi connectivity index (χ0n) is 11.4. The number of benzene rings is 1. The first-order valence-corrected chi connectivity index (χ1v) is 6.17. The molecule has 0 spiro atoms. The number of aromatic nitrogens is 1. The molecule has 1 heterocycles. The monoisotopic (exact) mass is 270 g/mol. The average molecular weight is 270 g/mol. The molecule has 0 bridgehead atoms. The van der Waals surface area contributed by atoms with Crippen molar-refractivity contribution in [1.82, 2.24) is 0 Å². The predicted octanol–water partition coefficient (Wildman–Crippen LogP) is 1.59. The number of hydrogen-bond donors (Lipinski definition) is 1. The fourth-order valence-corrected chi connectivity index (χ4v) is 1.61. The smallest absolute Gasteiger partial charge is 0.365 e. The zero-order valence-corrected chi connectivity index (χ0v) is 11.4. The lowest BCUT2D eigenvalue weighted by Crippen LogP contribution is -2.24. The summed E-state index contributed by atoms with van der Waals surface area (Å²) in [6.07, 6.45) is 1.71. The molecule has 20 heavy (non-hydrogen) atoms. The van der Waals surface area contributed by atoms with Gasteiger partial charge in [-0.05, 0) is 43.2 Å². The van der Waals surface area contributed by atoms with E-state index in [9.17, 15) is 4.79 Å². The van der Waals surface area contributed by atoms with Gasteiger partial charge >= 0.3 is 5.97 Å². The minimum absolute atomic E-state index is 0.114. The van der Waals surface area contributed by atoms with E-state index >= 15 is 0 Å². The van der Waals surface area contributed by atoms with Gasteiger partial charge in [-0.1, -0.05) is 11.2 Å². The third kappa shape index (κ3) is 3.20. The number of oxime groups is 1. The van der Waals surface area contributed by atoms with Gasteiger partial charge in [0.1, 0.15) is 0 Å². The second-order valence-electron chi connectivity index (χ2n) is 4.43. The van der Waals surface area contributed by atoms with Crippen molar-refractivity contribution in [2.45, 2.75) is 13.8 Å². The molecule has 0 aliphatic rings. The first-order valence-electron chi connectivity index (χ1n) is 6.17. The topological polar surface area (TPSA) is 78.8 Å². The van der Waals surface area contributed by atoms with Crippen molar-refractivity contribution < 1.29 is 14.6 Å². The van der Waals surface area contributed by atoms with Crippen LogP contribution in [0.25, 0.3) is 0 Å². The number of rotatable bonds is 3. The van der Waals surface area contributed by atoms with Gasteiger partial charge in [0.15, 0.2) is 6.20 Å². The number of nitrogens with one attached hydrogen (secondary N) is 1. The van der Waals surface area contributed by atoms with Gasteiger partial charge in [0.05, 0.1) is 5.56 Å². The molecule has 5 nitrogen and oxygen atoms in total. The van der Waals surface area contributed by atoms with Gasteiger partial charge in [-0.2, -0.15) is 0 Å². The van der Waals surface area contributed by atoms with Crippen LogP contribution in [0.1, 0.15) is 27.2 Å². The van der Waals surface area contributed by atoms with Gasteiger partial charge in [0, 0.05) is 12.1 Å². The second kappa shape index (κ2) is 5.97. The van der Waals surface area contributed by atoms with Gasteiger partial charge in [-0.25, -0.2) is 9.78 Å². The van der Waals surface area contributed by atoms with E-state index in [-0.39, 0.29) is 5.84 Å². The van der Waals surface area contributed by atoms with E-state index in [2.05, 4.69) is 10.1 Å². The molecule has 3 N–H and O–H groups in total. The van der Waals surface area contributed by atoms with Crippen LogP contribution in [0.15, 0.2) is 47.8 Å². The van der Waals surface area contributed by atoms with Crippen molar-refractivity contribution in [3.63, 3.8) is 0 Å². The van der Waals surface area contributed by atoms with Crippen molar-refractivity contribution in [3.05, 3.63) is 65.0 Å². The highest BCUT2D eigenvalue weighted by molar-refractivity contribution is 5.95. The summed E-state index contributed by atoms with van der Waals surface area (Å²) in [7, 11) is 0. The van der Waals surface area contributed by atoms with Crippen LogP contribution in [0.3, 0.4) is 0 Å². The standard InChI is InChI=1S/C15H15N3O2/c1-10-6-7-12(9-11(10)2)15(19)20-18-14(16)13-5-3-4-8-17-13/h3-9H,1-2H3,(H2,16,18)/p+1. The number of H-pyrrole nitrogens is 1. The second-order valence-corrected chi connectivity index (χ2v) is 4.43. The third-order valence-electron chi connectivity index (χ3n) is 2.95. The highest BCUT2D eigenvalue weighted by Crippen LogP contribution is 2.11. The molecule has 0 unspecified atom stereocenters.